The number of halogens is 2. The number of aromatic nitrogens is 2. The summed E-state index contributed by atoms with van der Waals surface area (Å²) in [6.45, 7) is 0.305. The highest BCUT2D eigenvalue weighted by atomic mass is 19.2. The molecule has 0 bridgehead atoms. The number of carbonyl (C=O) groups is 1. The first-order valence-corrected chi connectivity index (χ1v) is 6.93. The van der Waals surface area contributed by atoms with Crippen LogP contribution in [0.15, 0.2) is 23.1 Å². The normalized spacial score (nSPS) is 18.6. The summed E-state index contributed by atoms with van der Waals surface area (Å²) in [5.74, 6) is -1.82. The summed E-state index contributed by atoms with van der Waals surface area (Å²) in [6.07, 6.45) is 3.94. The van der Waals surface area contributed by atoms with Crippen LogP contribution in [0, 0.1) is 17.6 Å². The second kappa shape index (κ2) is 5.35. The minimum Gasteiger partial charge on any atom is -0.305 e. The lowest BCUT2D eigenvalue weighted by Crippen LogP contribution is -2.23. The molecule has 6 heteroatoms. The van der Waals surface area contributed by atoms with Crippen molar-refractivity contribution in [1.29, 1.82) is 0 Å². The van der Waals surface area contributed by atoms with Gasteiger partial charge in [0, 0.05) is 31.0 Å². The van der Waals surface area contributed by atoms with Gasteiger partial charge < -0.3 is 4.57 Å². The highest BCUT2D eigenvalue weighted by Gasteiger charge is 2.24. The molecule has 0 saturated heterocycles. The maximum Gasteiger partial charge on any atom is 0.269 e. The van der Waals surface area contributed by atoms with Crippen LogP contribution in [0.5, 0.6) is 0 Å². The van der Waals surface area contributed by atoms with Crippen LogP contribution >= 0.6 is 0 Å². The lowest BCUT2D eigenvalue weighted by Gasteiger charge is -2.12. The Kier molecular flexibility index (Phi) is 3.53. The van der Waals surface area contributed by atoms with Crippen molar-refractivity contribution in [1.82, 2.24) is 9.55 Å². The number of rotatable bonds is 3. The van der Waals surface area contributed by atoms with E-state index in [-0.39, 0.29) is 28.3 Å². The molecule has 3 rings (SSSR count). The van der Waals surface area contributed by atoms with Crippen LogP contribution in [0.2, 0.25) is 0 Å². The number of ketones is 1. The molecule has 1 aromatic carbocycles. The van der Waals surface area contributed by atoms with E-state index in [1.165, 1.54) is 4.57 Å². The number of fused-ring (bicyclic) bond motifs is 1. The smallest absolute Gasteiger partial charge is 0.269 e. The van der Waals surface area contributed by atoms with E-state index in [0.29, 0.717) is 19.4 Å². The van der Waals surface area contributed by atoms with Crippen molar-refractivity contribution < 1.29 is 13.6 Å². The Labute approximate surface area is 119 Å². The second-order valence-corrected chi connectivity index (χ2v) is 5.35. The third-order valence-electron chi connectivity index (χ3n) is 4.02. The van der Waals surface area contributed by atoms with E-state index in [1.54, 1.807) is 0 Å². The summed E-state index contributed by atoms with van der Waals surface area (Å²) in [5, 5.41) is 0. The third kappa shape index (κ3) is 2.57. The second-order valence-electron chi connectivity index (χ2n) is 5.35. The fourth-order valence-electron chi connectivity index (χ4n) is 2.87. The van der Waals surface area contributed by atoms with E-state index in [4.69, 9.17) is 0 Å². The quantitative estimate of drug-likeness (QED) is 0.873. The molecule has 0 radical (unpaired) electrons. The van der Waals surface area contributed by atoms with Gasteiger partial charge in [-0.2, -0.15) is 0 Å². The molecule has 4 nitrogen and oxygen atoms in total. The maximum atomic E-state index is 13.4. The van der Waals surface area contributed by atoms with Crippen molar-refractivity contribution >= 4 is 16.8 Å². The molecule has 0 spiro atoms. The van der Waals surface area contributed by atoms with Gasteiger partial charge in [0.05, 0.1) is 17.2 Å². The minimum absolute atomic E-state index is 0.0367. The molecule has 0 aliphatic heterocycles. The Morgan fingerprint density at radius 1 is 1.24 bits per heavy atom. The highest BCUT2D eigenvalue weighted by Crippen LogP contribution is 2.25. The average Bonchev–Trinajstić information content (AvgIpc) is 2.85. The standard InChI is InChI=1S/C15H14F2N2O2/c16-10-6-12-13(7-11(10)17)19(15(21)8-18-12)5-4-9-2-1-3-14(9)20/h6-9H,1-5H2. The van der Waals surface area contributed by atoms with Crippen LogP contribution in [0.3, 0.4) is 0 Å². The summed E-state index contributed by atoms with van der Waals surface area (Å²) in [6, 6.07) is 1.96. The molecule has 110 valence electrons. The molecule has 0 N–H and O–H groups in total. The number of Topliss-reactive ketones (excluding diaryl/α,β-unsaturated/α-hetero) is 1. The van der Waals surface area contributed by atoms with Gasteiger partial charge in [-0.15, -0.1) is 0 Å². The van der Waals surface area contributed by atoms with Crippen LogP contribution in [-0.4, -0.2) is 15.3 Å². The number of nitrogens with zero attached hydrogens (tertiary/aromatic N) is 2. The Morgan fingerprint density at radius 2 is 2.00 bits per heavy atom. The first kappa shape index (κ1) is 13.9. The molecule has 1 heterocycles. The van der Waals surface area contributed by atoms with Crippen LogP contribution < -0.4 is 5.56 Å². The average molecular weight is 292 g/mol. The fourth-order valence-corrected chi connectivity index (χ4v) is 2.87. The SMILES string of the molecule is O=C1CCCC1CCn1c(=O)cnc2cc(F)c(F)cc21. The number of carbonyl (C=O) groups excluding carboxylic acids is 1. The van der Waals surface area contributed by atoms with E-state index >= 15 is 0 Å². The first-order chi connectivity index (χ1) is 10.1. The van der Waals surface area contributed by atoms with Crippen molar-refractivity contribution in [2.75, 3.05) is 0 Å². The predicted octanol–water partition coefficient (Wildman–Crippen LogP) is 2.43. The van der Waals surface area contributed by atoms with E-state index in [9.17, 15) is 18.4 Å². The summed E-state index contributed by atoms with van der Waals surface area (Å²) >= 11 is 0. The van der Waals surface area contributed by atoms with Crippen molar-refractivity contribution in [2.45, 2.75) is 32.2 Å². The van der Waals surface area contributed by atoms with Crippen molar-refractivity contribution in [2.24, 2.45) is 5.92 Å². The molecule has 1 aliphatic rings. The zero-order valence-electron chi connectivity index (χ0n) is 11.3. The maximum absolute atomic E-state index is 13.4. The van der Waals surface area contributed by atoms with Crippen LogP contribution in [0.4, 0.5) is 8.78 Å². The zero-order chi connectivity index (χ0) is 15.0. The Balaban J connectivity index is 1.96. The lowest BCUT2D eigenvalue weighted by molar-refractivity contribution is -0.120. The van der Waals surface area contributed by atoms with E-state index in [1.807, 2.05) is 0 Å². The molecule has 1 saturated carbocycles. The number of benzene rings is 1. The fraction of sp³-hybridized carbons (Fsp3) is 0.400. The predicted molar refractivity (Wildman–Crippen MR) is 72.9 cm³/mol. The molecule has 1 unspecified atom stereocenters. The molecular formula is C15H14F2N2O2. The van der Waals surface area contributed by atoms with Crippen molar-refractivity contribution in [3.63, 3.8) is 0 Å². The zero-order valence-corrected chi connectivity index (χ0v) is 11.3. The number of hydrogen-bond acceptors (Lipinski definition) is 3. The number of hydrogen-bond donors (Lipinski definition) is 0. The van der Waals surface area contributed by atoms with Gasteiger partial charge in [-0.05, 0) is 19.3 Å². The molecule has 1 fully saturated rings. The molecule has 1 atom stereocenters. The largest absolute Gasteiger partial charge is 0.305 e. The summed E-state index contributed by atoms with van der Waals surface area (Å²) in [5.41, 5.74) is 0.108. The van der Waals surface area contributed by atoms with E-state index in [0.717, 1.165) is 31.2 Å². The van der Waals surface area contributed by atoms with Gasteiger partial charge in [0.25, 0.3) is 5.56 Å². The minimum atomic E-state index is -1.01. The molecule has 1 aliphatic carbocycles. The lowest BCUT2D eigenvalue weighted by atomic mass is 10.0. The summed E-state index contributed by atoms with van der Waals surface area (Å²) < 4.78 is 28.0. The van der Waals surface area contributed by atoms with Crippen molar-refractivity contribution in [3.8, 4) is 0 Å². The Morgan fingerprint density at radius 3 is 2.71 bits per heavy atom. The van der Waals surface area contributed by atoms with Crippen LogP contribution in [0.1, 0.15) is 25.7 Å². The van der Waals surface area contributed by atoms with Gasteiger partial charge in [-0.1, -0.05) is 0 Å². The monoisotopic (exact) mass is 292 g/mol. The van der Waals surface area contributed by atoms with E-state index < -0.39 is 11.6 Å². The van der Waals surface area contributed by atoms with Gasteiger partial charge >= 0.3 is 0 Å². The van der Waals surface area contributed by atoms with Crippen LogP contribution in [-0.2, 0) is 11.3 Å². The van der Waals surface area contributed by atoms with Gasteiger partial charge in [0.1, 0.15) is 5.78 Å². The first-order valence-electron chi connectivity index (χ1n) is 6.93. The Bertz CT molecular complexity index is 770. The summed E-state index contributed by atoms with van der Waals surface area (Å²) in [7, 11) is 0. The highest BCUT2D eigenvalue weighted by molar-refractivity contribution is 5.82. The van der Waals surface area contributed by atoms with Crippen LogP contribution in [0.25, 0.3) is 11.0 Å². The number of aryl methyl sites for hydroxylation is 1. The Hall–Kier alpha value is -2.11. The van der Waals surface area contributed by atoms with Crippen molar-refractivity contribution in [3.05, 3.63) is 40.3 Å². The molecule has 1 aromatic heterocycles. The molecule has 21 heavy (non-hydrogen) atoms. The topological polar surface area (TPSA) is 52.0 Å². The molecule has 0 amide bonds. The third-order valence-corrected chi connectivity index (χ3v) is 4.02. The molecular weight excluding hydrogens is 278 g/mol. The van der Waals surface area contributed by atoms with Gasteiger partial charge in [0.15, 0.2) is 11.6 Å². The van der Waals surface area contributed by atoms with E-state index in [2.05, 4.69) is 4.98 Å². The molecule has 2 aromatic rings. The van der Waals surface area contributed by atoms with Gasteiger partial charge in [0.2, 0.25) is 0 Å². The van der Waals surface area contributed by atoms with Gasteiger partial charge in [-0.3, -0.25) is 9.59 Å². The summed E-state index contributed by atoms with van der Waals surface area (Å²) in [4.78, 5) is 27.4. The van der Waals surface area contributed by atoms with Gasteiger partial charge in [-0.25, -0.2) is 13.8 Å².